The Bertz CT molecular complexity index is 607. The average Bonchev–Trinajstić information content (AvgIpc) is 2.77. The highest BCUT2D eigenvalue weighted by Crippen LogP contribution is 2.33. The molecule has 0 radical (unpaired) electrons. The Hall–Kier alpha value is -1.20. The van der Waals surface area contributed by atoms with Crippen molar-refractivity contribution in [2.24, 2.45) is 0 Å². The van der Waals surface area contributed by atoms with Crippen molar-refractivity contribution >= 4 is 33.2 Å². The van der Waals surface area contributed by atoms with Gasteiger partial charge in [0.25, 0.3) is 0 Å². The number of aromatic carboxylic acids is 1. The normalized spacial score (nSPS) is 10.6. The van der Waals surface area contributed by atoms with Crippen molar-refractivity contribution < 1.29 is 9.90 Å². The Morgan fingerprint density at radius 2 is 2.22 bits per heavy atom. The van der Waals surface area contributed by atoms with E-state index in [0.717, 1.165) is 31.9 Å². The quantitative estimate of drug-likeness (QED) is 0.922. The zero-order valence-electron chi connectivity index (χ0n) is 10.0. The lowest BCUT2D eigenvalue weighted by atomic mass is 10.1. The first kappa shape index (κ1) is 13.2. The van der Waals surface area contributed by atoms with Crippen LogP contribution in [0.15, 0.2) is 22.7 Å². The maximum atomic E-state index is 11.2. The van der Waals surface area contributed by atoms with E-state index in [-0.39, 0.29) is 5.69 Å². The van der Waals surface area contributed by atoms with E-state index in [1.165, 1.54) is 11.3 Å². The summed E-state index contributed by atoms with van der Waals surface area (Å²) in [5, 5.41) is 10.0. The summed E-state index contributed by atoms with van der Waals surface area (Å²) < 4.78 is 0.975. The molecule has 0 aliphatic rings. The molecule has 2 aromatic rings. The van der Waals surface area contributed by atoms with E-state index in [4.69, 9.17) is 0 Å². The minimum absolute atomic E-state index is 0.146. The maximum absolute atomic E-state index is 11.2. The number of thiazole rings is 1. The molecule has 1 heterocycles. The highest BCUT2D eigenvalue weighted by atomic mass is 79.9. The number of aryl methyl sites for hydroxylation is 2. The summed E-state index contributed by atoms with van der Waals surface area (Å²) >= 11 is 4.91. The third-order valence-corrected chi connectivity index (χ3v) is 4.71. The van der Waals surface area contributed by atoms with Crippen molar-refractivity contribution in [1.82, 2.24) is 4.98 Å². The molecule has 1 N–H and O–H groups in total. The fourth-order valence-electron chi connectivity index (χ4n) is 1.59. The summed E-state index contributed by atoms with van der Waals surface area (Å²) in [4.78, 5) is 16.1. The lowest BCUT2D eigenvalue weighted by Crippen LogP contribution is -1.99. The summed E-state index contributed by atoms with van der Waals surface area (Å²) in [7, 11) is 0. The van der Waals surface area contributed by atoms with Crippen molar-refractivity contribution in [2.45, 2.75) is 20.3 Å². The fourth-order valence-corrected chi connectivity index (χ4v) is 2.96. The molecular formula is C13H12BrNO2S. The Balaban J connectivity index is 2.58. The van der Waals surface area contributed by atoms with Crippen molar-refractivity contribution in [1.29, 1.82) is 0 Å². The van der Waals surface area contributed by atoms with Gasteiger partial charge in [-0.05, 0) is 30.5 Å². The Labute approximate surface area is 118 Å². The minimum atomic E-state index is -0.974. The van der Waals surface area contributed by atoms with E-state index in [1.807, 2.05) is 32.0 Å². The van der Waals surface area contributed by atoms with Crippen LogP contribution in [-0.4, -0.2) is 16.1 Å². The van der Waals surface area contributed by atoms with Gasteiger partial charge >= 0.3 is 5.97 Å². The van der Waals surface area contributed by atoms with E-state index in [9.17, 15) is 9.90 Å². The van der Waals surface area contributed by atoms with E-state index in [1.54, 1.807) is 0 Å². The highest BCUT2D eigenvalue weighted by Gasteiger charge is 2.18. The van der Waals surface area contributed by atoms with Crippen LogP contribution in [0.3, 0.4) is 0 Å². The van der Waals surface area contributed by atoms with Crippen molar-refractivity contribution in [3.63, 3.8) is 0 Å². The molecule has 0 spiro atoms. The summed E-state index contributed by atoms with van der Waals surface area (Å²) in [6.45, 7) is 3.97. The smallest absolute Gasteiger partial charge is 0.356 e. The predicted molar refractivity (Wildman–Crippen MR) is 76.3 cm³/mol. The topological polar surface area (TPSA) is 50.2 Å². The fraction of sp³-hybridized carbons (Fsp3) is 0.231. The molecule has 2 rings (SSSR count). The average molecular weight is 326 g/mol. The van der Waals surface area contributed by atoms with Crippen LogP contribution in [0, 0.1) is 6.92 Å². The van der Waals surface area contributed by atoms with Gasteiger partial charge in [0, 0.05) is 4.47 Å². The van der Waals surface area contributed by atoms with Crippen LogP contribution in [0.5, 0.6) is 0 Å². The number of hydrogen-bond acceptors (Lipinski definition) is 3. The highest BCUT2D eigenvalue weighted by molar-refractivity contribution is 9.10. The van der Waals surface area contributed by atoms with E-state index < -0.39 is 5.97 Å². The molecule has 0 aliphatic carbocycles. The van der Waals surface area contributed by atoms with Gasteiger partial charge in [0.1, 0.15) is 0 Å². The number of halogens is 1. The molecule has 5 heteroatoms. The molecule has 94 valence electrons. The van der Waals surface area contributed by atoms with Crippen LogP contribution < -0.4 is 0 Å². The molecule has 1 aromatic carbocycles. The van der Waals surface area contributed by atoms with Gasteiger partial charge in [-0.3, -0.25) is 0 Å². The van der Waals surface area contributed by atoms with Gasteiger partial charge in [-0.25, -0.2) is 9.78 Å². The summed E-state index contributed by atoms with van der Waals surface area (Å²) in [6.07, 6.45) is 0.748. The molecule has 0 unspecified atom stereocenters. The number of rotatable bonds is 3. The zero-order valence-corrected chi connectivity index (χ0v) is 12.4. The zero-order chi connectivity index (χ0) is 13.3. The molecule has 0 fully saturated rings. The van der Waals surface area contributed by atoms with Crippen LogP contribution in [0.4, 0.5) is 0 Å². The third-order valence-electron chi connectivity index (χ3n) is 2.61. The second kappa shape index (κ2) is 5.20. The standard InChI is InChI=1S/C13H12BrNO2S/c1-3-10-15-11(13(16)17)12(18-10)8-5-4-7(2)9(14)6-8/h4-6H,3H2,1-2H3,(H,16,17). The molecule has 0 saturated carbocycles. The number of nitrogens with zero attached hydrogens (tertiary/aromatic N) is 1. The number of aromatic nitrogens is 1. The summed E-state index contributed by atoms with van der Waals surface area (Å²) in [5.41, 5.74) is 2.16. The molecule has 0 atom stereocenters. The van der Waals surface area contributed by atoms with Gasteiger partial charge in [0.15, 0.2) is 5.69 Å². The molecule has 1 aromatic heterocycles. The van der Waals surface area contributed by atoms with Gasteiger partial charge in [-0.1, -0.05) is 35.0 Å². The minimum Gasteiger partial charge on any atom is -0.476 e. The third kappa shape index (κ3) is 2.47. The van der Waals surface area contributed by atoms with Gasteiger partial charge < -0.3 is 5.11 Å². The molecule has 0 amide bonds. The van der Waals surface area contributed by atoms with Crippen molar-refractivity contribution in [3.05, 3.63) is 38.9 Å². The monoisotopic (exact) mass is 325 g/mol. The second-order valence-electron chi connectivity index (χ2n) is 3.91. The Kier molecular flexibility index (Phi) is 3.82. The molecule has 0 saturated heterocycles. The lowest BCUT2D eigenvalue weighted by Gasteiger charge is -2.02. The van der Waals surface area contributed by atoms with Gasteiger partial charge in [0.05, 0.1) is 9.88 Å². The van der Waals surface area contributed by atoms with Gasteiger partial charge in [0.2, 0.25) is 0 Å². The van der Waals surface area contributed by atoms with Crippen LogP contribution >= 0.6 is 27.3 Å². The molecule has 0 aliphatic heterocycles. The molecule has 0 bridgehead atoms. The number of carboxylic acids is 1. The van der Waals surface area contributed by atoms with Gasteiger partial charge in [-0.15, -0.1) is 11.3 Å². The van der Waals surface area contributed by atoms with E-state index >= 15 is 0 Å². The molecular weight excluding hydrogens is 314 g/mol. The van der Waals surface area contributed by atoms with Crippen LogP contribution in [0.25, 0.3) is 10.4 Å². The number of carboxylic acid groups (broad SMARTS) is 1. The number of benzene rings is 1. The van der Waals surface area contributed by atoms with Crippen LogP contribution in [-0.2, 0) is 6.42 Å². The lowest BCUT2D eigenvalue weighted by molar-refractivity contribution is 0.0692. The predicted octanol–water partition coefficient (Wildman–Crippen LogP) is 4.14. The first-order chi connectivity index (χ1) is 8.52. The van der Waals surface area contributed by atoms with Crippen LogP contribution in [0.1, 0.15) is 28.0 Å². The number of hydrogen-bond donors (Lipinski definition) is 1. The Morgan fingerprint density at radius 3 is 2.78 bits per heavy atom. The second-order valence-corrected chi connectivity index (χ2v) is 5.85. The van der Waals surface area contributed by atoms with Crippen molar-refractivity contribution in [3.8, 4) is 10.4 Å². The first-order valence-corrected chi connectivity index (χ1v) is 7.13. The molecule has 3 nitrogen and oxygen atoms in total. The summed E-state index contributed by atoms with van der Waals surface area (Å²) in [6, 6.07) is 5.84. The van der Waals surface area contributed by atoms with Crippen molar-refractivity contribution in [2.75, 3.05) is 0 Å². The number of carbonyl (C=O) groups is 1. The van der Waals surface area contributed by atoms with E-state index in [0.29, 0.717) is 0 Å². The van der Waals surface area contributed by atoms with Crippen LogP contribution in [0.2, 0.25) is 0 Å². The SMILES string of the molecule is CCc1nc(C(=O)O)c(-c2ccc(C)c(Br)c2)s1. The first-order valence-electron chi connectivity index (χ1n) is 5.52. The summed E-state index contributed by atoms with van der Waals surface area (Å²) in [5.74, 6) is -0.974. The largest absolute Gasteiger partial charge is 0.476 e. The molecule has 18 heavy (non-hydrogen) atoms. The van der Waals surface area contributed by atoms with Gasteiger partial charge in [-0.2, -0.15) is 0 Å². The van der Waals surface area contributed by atoms with E-state index in [2.05, 4.69) is 20.9 Å². The Morgan fingerprint density at radius 1 is 1.50 bits per heavy atom. The maximum Gasteiger partial charge on any atom is 0.356 e.